The zero-order chi connectivity index (χ0) is 37.6. The molecule has 5 aliphatic rings. The Balaban J connectivity index is 1.29. The number of carbonyl (C=O) groups is 5. The number of allylic oxidation sites excluding steroid dienone is 1. The number of cyclic esters (lactones) is 1. The molecule has 4 bridgehead atoms. The van der Waals surface area contributed by atoms with Crippen LogP contribution in [-0.4, -0.2) is 95.7 Å². The highest BCUT2D eigenvalue weighted by atomic mass is 32.2. The van der Waals surface area contributed by atoms with Crippen molar-refractivity contribution in [3.8, 4) is 0 Å². The zero-order valence-electron chi connectivity index (χ0n) is 28.9. The summed E-state index contributed by atoms with van der Waals surface area (Å²) in [7, 11) is -3.98. The minimum atomic E-state index is -3.98. The van der Waals surface area contributed by atoms with Crippen molar-refractivity contribution in [1.29, 1.82) is 0 Å². The average Bonchev–Trinajstić information content (AvgIpc) is 3.95. The number of rotatable bonds is 8. The van der Waals surface area contributed by atoms with Gasteiger partial charge in [-0.3, -0.25) is 24.0 Å². The lowest BCUT2D eigenvalue weighted by atomic mass is 10.00. The number of nitrogens with zero attached hydrogens (tertiary/aromatic N) is 2. The zero-order valence-corrected chi connectivity index (χ0v) is 29.8. The molecule has 3 N–H and O–H groups in total. The number of sulfonamides is 1. The maximum Gasteiger partial charge on any atom is 0.410 e. The topological polar surface area (TPSA) is 181 Å². The van der Waals surface area contributed by atoms with E-state index in [1.807, 2.05) is 30.4 Å². The maximum atomic E-state index is 14.0. The molecule has 3 fully saturated rings. The molecule has 0 aromatic heterocycles. The SMILES string of the molecule is C=C[C@@H]1C[C@]1(NC(=O)[C@@H]1C[C@@H]2CN1C(=O)[C@H](CC(F)F)NC(=O)OC(C)(C)CCC=Cc1cccc3c1CN(C3)C(=O)O2)C(=O)NS(=O)(=O)C1CC1. The van der Waals surface area contributed by atoms with Gasteiger partial charge in [-0.15, -0.1) is 6.58 Å². The highest BCUT2D eigenvalue weighted by Gasteiger charge is 2.62. The normalized spacial score (nSPS) is 28.9. The van der Waals surface area contributed by atoms with E-state index in [0.717, 1.165) is 21.6 Å². The number of benzene rings is 1. The minimum Gasteiger partial charge on any atom is -0.444 e. The fourth-order valence-electron chi connectivity index (χ4n) is 7.06. The number of nitrogens with one attached hydrogen (secondary N) is 3. The first-order valence-corrected chi connectivity index (χ1v) is 18.9. The van der Waals surface area contributed by atoms with Gasteiger partial charge in [0, 0.05) is 25.3 Å². The smallest absolute Gasteiger partial charge is 0.410 e. The molecule has 1 saturated heterocycles. The van der Waals surface area contributed by atoms with Crippen molar-refractivity contribution < 1.29 is 50.6 Å². The molecule has 52 heavy (non-hydrogen) atoms. The van der Waals surface area contributed by atoms with Crippen LogP contribution in [0.25, 0.3) is 6.08 Å². The van der Waals surface area contributed by atoms with Gasteiger partial charge < -0.3 is 25.0 Å². The summed E-state index contributed by atoms with van der Waals surface area (Å²) < 4.78 is 66.3. The molecule has 0 radical (unpaired) electrons. The minimum absolute atomic E-state index is 0.0250. The van der Waals surface area contributed by atoms with Gasteiger partial charge in [0.15, 0.2) is 0 Å². The predicted octanol–water partition coefficient (Wildman–Crippen LogP) is 3.11. The van der Waals surface area contributed by atoms with Gasteiger partial charge in [-0.25, -0.2) is 26.8 Å². The lowest BCUT2D eigenvalue weighted by molar-refractivity contribution is -0.141. The Morgan fingerprint density at radius 1 is 1.17 bits per heavy atom. The summed E-state index contributed by atoms with van der Waals surface area (Å²) in [6.45, 7) is 7.08. The van der Waals surface area contributed by atoms with Crippen LogP contribution in [0.15, 0.2) is 36.9 Å². The first kappa shape index (κ1) is 37.2. The lowest BCUT2D eigenvalue weighted by Crippen LogP contribution is -2.58. The summed E-state index contributed by atoms with van der Waals surface area (Å²) in [6.07, 6.45) is -0.450. The summed E-state index contributed by atoms with van der Waals surface area (Å²) in [6, 6.07) is 2.41. The molecule has 1 aromatic carbocycles. The van der Waals surface area contributed by atoms with Gasteiger partial charge in [0.1, 0.15) is 29.3 Å². The Labute approximate surface area is 300 Å². The summed E-state index contributed by atoms with van der Waals surface area (Å²) in [5.41, 5.74) is -0.0173. The molecule has 282 valence electrons. The van der Waals surface area contributed by atoms with E-state index in [2.05, 4.69) is 21.9 Å². The highest BCUT2D eigenvalue weighted by molar-refractivity contribution is 7.91. The van der Waals surface area contributed by atoms with Gasteiger partial charge in [0.25, 0.3) is 5.91 Å². The van der Waals surface area contributed by atoms with E-state index in [1.165, 1.54) is 11.0 Å². The second-order valence-corrected chi connectivity index (χ2v) is 16.6. The Bertz CT molecular complexity index is 1800. The number of halogens is 2. The number of amides is 5. The van der Waals surface area contributed by atoms with E-state index >= 15 is 0 Å². The molecule has 2 saturated carbocycles. The summed E-state index contributed by atoms with van der Waals surface area (Å²) in [4.78, 5) is 70.3. The van der Waals surface area contributed by atoms with Crippen molar-refractivity contribution in [1.82, 2.24) is 25.2 Å². The van der Waals surface area contributed by atoms with Crippen LogP contribution in [0.4, 0.5) is 18.4 Å². The number of carbonyl (C=O) groups excluding carboxylic acids is 5. The van der Waals surface area contributed by atoms with Gasteiger partial charge in [-0.1, -0.05) is 36.4 Å². The van der Waals surface area contributed by atoms with Crippen LogP contribution in [0.2, 0.25) is 0 Å². The molecule has 14 nitrogen and oxygen atoms in total. The van der Waals surface area contributed by atoms with Gasteiger partial charge in [0.2, 0.25) is 28.3 Å². The highest BCUT2D eigenvalue weighted by Crippen LogP contribution is 2.45. The van der Waals surface area contributed by atoms with Crippen molar-refractivity contribution in [2.45, 2.75) is 113 Å². The van der Waals surface area contributed by atoms with Gasteiger partial charge in [0.05, 0.1) is 18.3 Å². The molecule has 3 aliphatic heterocycles. The molecule has 0 spiro atoms. The average molecular weight is 748 g/mol. The number of alkyl halides is 2. The van der Waals surface area contributed by atoms with E-state index in [9.17, 15) is 41.2 Å². The fraction of sp³-hybridized carbons (Fsp3) is 0.571. The van der Waals surface area contributed by atoms with E-state index in [-0.39, 0.29) is 32.5 Å². The molecule has 5 atom stereocenters. The first-order chi connectivity index (χ1) is 24.5. The number of hydrogen-bond donors (Lipinski definition) is 3. The first-order valence-electron chi connectivity index (χ1n) is 17.3. The van der Waals surface area contributed by atoms with Crippen LogP contribution in [0, 0.1) is 5.92 Å². The van der Waals surface area contributed by atoms with Crippen molar-refractivity contribution in [2.24, 2.45) is 5.92 Å². The molecule has 5 amide bonds. The quantitative estimate of drug-likeness (QED) is 0.337. The Hall–Kier alpha value is -4.54. The Morgan fingerprint density at radius 3 is 2.60 bits per heavy atom. The Morgan fingerprint density at radius 2 is 1.92 bits per heavy atom. The third kappa shape index (κ3) is 7.93. The van der Waals surface area contributed by atoms with Gasteiger partial charge >= 0.3 is 12.2 Å². The number of hydrogen-bond acceptors (Lipinski definition) is 9. The van der Waals surface area contributed by atoms with Gasteiger partial charge in [-0.2, -0.15) is 0 Å². The van der Waals surface area contributed by atoms with Crippen LogP contribution in [0.3, 0.4) is 0 Å². The molecular weight excluding hydrogens is 704 g/mol. The van der Waals surface area contributed by atoms with E-state index < -0.39 is 93.3 Å². The van der Waals surface area contributed by atoms with Crippen LogP contribution < -0.4 is 15.4 Å². The summed E-state index contributed by atoms with van der Waals surface area (Å²) >= 11 is 0. The molecule has 0 unspecified atom stereocenters. The monoisotopic (exact) mass is 747 g/mol. The molecular formula is C35H43F2N5O9S. The number of alkyl carbamates (subject to hydrolysis) is 1. The fourth-order valence-corrected chi connectivity index (χ4v) is 8.42. The standard InChI is InChI=1S/C35H43F2N5O9S/c1-4-22-16-35(22,31(45)40-52(48,49)24-11-12-24)39-29(43)27-14-23-18-42(27)30(44)26(15-28(36)37)38-32(46)51-34(2,3)13-6-5-8-20-9-7-10-21-17-41(19-25(20)21)33(47)50-23/h4-5,7-10,22-24,26-28H,1,6,11-19H2,2-3H3,(H,38,46)(H,39,43)(H,40,45)/t22-,23-,26+,27+,35-/m1/s1. The second kappa shape index (κ2) is 14.1. The summed E-state index contributed by atoms with van der Waals surface area (Å²) in [5, 5.41) is 4.13. The Kier molecular flexibility index (Phi) is 10.1. The van der Waals surface area contributed by atoms with Crippen molar-refractivity contribution in [3.63, 3.8) is 0 Å². The second-order valence-electron chi connectivity index (χ2n) is 14.7. The van der Waals surface area contributed by atoms with E-state index in [1.54, 1.807) is 13.8 Å². The third-order valence-corrected chi connectivity index (χ3v) is 12.0. The number of ether oxygens (including phenoxy) is 2. The van der Waals surface area contributed by atoms with Crippen molar-refractivity contribution >= 4 is 46.0 Å². The molecule has 6 rings (SSSR count). The van der Waals surface area contributed by atoms with E-state index in [4.69, 9.17) is 9.47 Å². The van der Waals surface area contributed by atoms with Crippen LogP contribution in [-0.2, 0) is 47.0 Å². The molecule has 2 aliphatic carbocycles. The third-order valence-electron chi connectivity index (χ3n) is 10.2. The van der Waals surface area contributed by atoms with Crippen LogP contribution in [0.5, 0.6) is 0 Å². The van der Waals surface area contributed by atoms with E-state index in [0.29, 0.717) is 25.7 Å². The summed E-state index contributed by atoms with van der Waals surface area (Å²) in [5.74, 6) is -3.56. The largest absolute Gasteiger partial charge is 0.444 e. The number of fused-ring (bicyclic) bond motifs is 3. The predicted molar refractivity (Wildman–Crippen MR) is 182 cm³/mol. The van der Waals surface area contributed by atoms with Crippen molar-refractivity contribution in [3.05, 3.63) is 53.6 Å². The molecule has 1 aromatic rings. The maximum absolute atomic E-state index is 14.0. The van der Waals surface area contributed by atoms with Crippen molar-refractivity contribution in [2.75, 3.05) is 6.54 Å². The lowest BCUT2D eigenvalue weighted by Gasteiger charge is -2.31. The molecule has 17 heteroatoms. The van der Waals surface area contributed by atoms with Gasteiger partial charge in [-0.05, 0) is 62.6 Å². The van der Waals surface area contributed by atoms with Crippen LogP contribution >= 0.6 is 0 Å². The van der Waals surface area contributed by atoms with Crippen LogP contribution in [0.1, 0.15) is 75.5 Å². The molecule has 3 heterocycles.